The first-order chi connectivity index (χ1) is 12.5. The maximum absolute atomic E-state index is 11.9. The van der Waals surface area contributed by atoms with Gasteiger partial charge in [-0.25, -0.2) is 0 Å². The summed E-state index contributed by atoms with van der Waals surface area (Å²) in [5.74, 6) is 3.16. The third kappa shape index (κ3) is 6.22. The number of benzene rings is 1. The predicted octanol–water partition coefficient (Wildman–Crippen LogP) is 2.94. The first-order valence-corrected chi connectivity index (χ1v) is 9.59. The zero-order valence-electron chi connectivity index (χ0n) is 15.7. The SMILES string of the molecule is COc1ccc(C=CC(=O)NCCc2nnc(SCC(C)C)n2C)cc1. The summed E-state index contributed by atoms with van der Waals surface area (Å²) in [6.07, 6.45) is 3.95. The fraction of sp³-hybridized carbons (Fsp3) is 0.421. The molecular formula is C19H26N4O2S. The van der Waals surface area contributed by atoms with E-state index < -0.39 is 0 Å². The van der Waals surface area contributed by atoms with Gasteiger partial charge in [0, 0.05) is 31.8 Å². The molecule has 6 nitrogen and oxygen atoms in total. The van der Waals surface area contributed by atoms with Crippen LogP contribution >= 0.6 is 11.8 Å². The molecule has 7 heteroatoms. The van der Waals surface area contributed by atoms with Gasteiger partial charge in [-0.2, -0.15) is 0 Å². The van der Waals surface area contributed by atoms with Gasteiger partial charge in [-0.05, 0) is 29.7 Å². The van der Waals surface area contributed by atoms with E-state index in [4.69, 9.17) is 4.74 Å². The van der Waals surface area contributed by atoms with Gasteiger partial charge in [-0.1, -0.05) is 37.7 Å². The summed E-state index contributed by atoms with van der Waals surface area (Å²) < 4.78 is 7.10. The molecular weight excluding hydrogens is 348 g/mol. The highest BCUT2D eigenvalue weighted by Crippen LogP contribution is 2.18. The lowest BCUT2D eigenvalue weighted by molar-refractivity contribution is -0.116. The molecule has 0 spiro atoms. The molecule has 2 rings (SSSR count). The van der Waals surface area contributed by atoms with E-state index in [1.165, 1.54) is 6.08 Å². The maximum Gasteiger partial charge on any atom is 0.244 e. The fourth-order valence-corrected chi connectivity index (χ4v) is 3.05. The van der Waals surface area contributed by atoms with Crippen LogP contribution in [0.3, 0.4) is 0 Å². The summed E-state index contributed by atoms with van der Waals surface area (Å²) in [5, 5.41) is 12.2. The molecule has 0 bridgehead atoms. The van der Waals surface area contributed by atoms with E-state index in [1.807, 2.05) is 35.9 Å². The number of nitrogens with zero attached hydrogens (tertiary/aromatic N) is 3. The zero-order valence-corrected chi connectivity index (χ0v) is 16.5. The van der Waals surface area contributed by atoms with Crippen LogP contribution in [0.25, 0.3) is 6.08 Å². The molecule has 0 aliphatic carbocycles. The fourth-order valence-electron chi connectivity index (χ4n) is 2.17. The molecule has 0 saturated heterocycles. The quantitative estimate of drug-likeness (QED) is 0.540. The Hall–Kier alpha value is -2.28. The van der Waals surface area contributed by atoms with Gasteiger partial charge < -0.3 is 14.6 Å². The van der Waals surface area contributed by atoms with Crippen molar-refractivity contribution in [1.82, 2.24) is 20.1 Å². The molecule has 0 radical (unpaired) electrons. The average Bonchev–Trinajstić information content (AvgIpc) is 2.98. The lowest BCUT2D eigenvalue weighted by Gasteiger charge is -2.05. The average molecular weight is 375 g/mol. The number of nitrogens with one attached hydrogen (secondary N) is 1. The van der Waals surface area contributed by atoms with Gasteiger partial charge in [-0.3, -0.25) is 4.79 Å². The summed E-state index contributed by atoms with van der Waals surface area (Å²) >= 11 is 1.71. The van der Waals surface area contributed by atoms with Crippen molar-refractivity contribution >= 4 is 23.7 Å². The monoisotopic (exact) mass is 374 g/mol. The topological polar surface area (TPSA) is 69.0 Å². The van der Waals surface area contributed by atoms with E-state index in [-0.39, 0.29) is 5.91 Å². The van der Waals surface area contributed by atoms with Crippen molar-refractivity contribution in [3.63, 3.8) is 0 Å². The Bertz CT molecular complexity index is 738. The Balaban J connectivity index is 1.78. The second kappa shape index (κ2) is 10.0. The highest BCUT2D eigenvalue weighted by Gasteiger charge is 2.09. The van der Waals surface area contributed by atoms with Crippen molar-refractivity contribution in [2.75, 3.05) is 19.4 Å². The molecule has 0 unspecified atom stereocenters. The molecule has 0 saturated carbocycles. The summed E-state index contributed by atoms with van der Waals surface area (Å²) in [7, 11) is 3.59. The molecule has 26 heavy (non-hydrogen) atoms. The standard InChI is InChI=1S/C19H26N4O2S/c1-14(2)13-26-19-22-21-17(23(19)3)11-12-20-18(24)10-7-15-5-8-16(25-4)9-6-15/h5-10,14H,11-13H2,1-4H3,(H,20,24). The molecule has 0 fully saturated rings. The number of hydrogen-bond acceptors (Lipinski definition) is 5. The lowest BCUT2D eigenvalue weighted by Crippen LogP contribution is -2.24. The van der Waals surface area contributed by atoms with Gasteiger partial charge in [0.15, 0.2) is 5.16 Å². The number of hydrogen-bond donors (Lipinski definition) is 1. The van der Waals surface area contributed by atoms with Crippen LogP contribution in [-0.2, 0) is 18.3 Å². The highest BCUT2D eigenvalue weighted by molar-refractivity contribution is 7.99. The number of aromatic nitrogens is 3. The van der Waals surface area contributed by atoms with Gasteiger partial charge in [0.1, 0.15) is 11.6 Å². The van der Waals surface area contributed by atoms with Crippen LogP contribution in [0, 0.1) is 5.92 Å². The number of thioether (sulfide) groups is 1. The van der Waals surface area contributed by atoms with Gasteiger partial charge in [-0.15, -0.1) is 10.2 Å². The molecule has 1 amide bonds. The van der Waals surface area contributed by atoms with E-state index in [1.54, 1.807) is 24.9 Å². The first kappa shape index (κ1) is 20.0. The van der Waals surface area contributed by atoms with Crippen molar-refractivity contribution < 1.29 is 9.53 Å². The summed E-state index contributed by atoms with van der Waals surface area (Å²) in [6, 6.07) is 7.53. The van der Waals surface area contributed by atoms with Crippen molar-refractivity contribution in [2.24, 2.45) is 13.0 Å². The third-order valence-corrected chi connectivity index (χ3v) is 5.11. The van der Waals surface area contributed by atoms with Gasteiger partial charge in [0.25, 0.3) is 0 Å². The van der Waals surface area contributed by atoms with Gasteiger partial charge >= 0.3 is 0 Å². The summed E-state index contributed by atoms with van der Waals surface area (Å²) in [5.41, 5.74) is 0.945. The second-order valence-electron chi connectivity index (χ2n) is 6.31. The Morgan fingerprint density at radius 1 is 1.31 bits per heavy atom. The minimum atomic E-state index is -0.127. The van der Waals surface area contributed by atoms with Crippen molar-refractivity contribution in [1.29, 1.82) is 0 Å². The number of rotatable bonds is 9. The lowest BCUT2D eigenvalue weighted by atomic mass is 10.2. The molecule has 1 N–H and O–H groups in total. The van der Waals surface area contributed by atoms with Gasteiger partial charge in [0.05, 0.1) is 7.11 Å². The van der Waals surface area contributed by atoms with Gasteiger partial charge in [0.2, 0.25) is 5.91 Å². The maximum atomic E-state index is 11.9. The van der Waals surface area contributed by atoms with Crippen LogP contribution in [0.15, 0.2) is 35.5 Å². The predicted molar refractivity (Wildman–Crippen MR) is 105 cm³/mol. The van der Waals surface area contributed by atoms with E-state index >= 15 is 0 Å². The Labute approximate surface area is 159 Å². The molecule has 1 aromatic heterocycles. The van der Waals surface area contributed by atoms with Crippen LogP contribution in [0.5, 0.6) is 5.75 Å². The van der Waals surface area contributed by atoms with Crippen molar-refractivity contribution in [3.8, 4) is 5.75 Å². The number of carbonyl (C=O) groups excluding carboxylic acids is 1. The van der Waals surface area contributed by atoms with E-state index in [0.29, 0.717) is 18.9 Å². The normalized spacial score (nSPS) is 11.3. The number of methoxy groups -OCH3 is 1. The minimum absolute atomic E-state index is 0.127. The summed E-state index contributed by atoms with van der Waals surface area (Å²) in [4.78, 5) is 11.9. The van der Waals surface area contributed by atoms with E-state index in [9.17, 15) is 4.79 Å². The number of amides is 1. The van der Waals surface area contributed by atoms with Crippen LogP contribution < -0.4 is 10.1 Å². The van der Waals surface area contributed by atoms with Crippen LogP contribution in [0.1, 0.15) is 25.2 Å². The second-order valence-corrected chi connectivity index (χ2v) is 7.30. The molecule has 140 valence electrons. The minimum Gasteiger partial charge on any atom is -0.497 e. The zero-order chi connectivity index (χ0) is 18.9. The summed E-state index contributed by atoms with van der Waals surface area (Å²) in [6.45, 7) is 4.88. The molecule has 1 aromatic carbocycles. The third-order valence-electron chi connectivity index (χ3n) is 3.66. The Morgan fingerprint density at radius 3 is 2.69 bits per heavy atom. The van der Waals surface area contributed by atoms with Crippen LogP contribution in [0.2, 0.25) is 0 Å². The molecule has 1 heterocycles. The largest absolute Gasteiger partial charge is 0.497 e. The first-order valence-electron chi connectivity index (χ1n) is 8.60. The highest BCUT2D eigenvalue weighted by atomic mass is 32.2. The Morgan fingerprint density at radius 2 is 2.04 bits per heavy atom. The van der Waals surface area contributed by atoms with Crippen molar-refractivity contribution in [2.45, 2.75) is 25.4 Å². The van der Waals surface area contributed by atoms with Crippen molar-refractivity contribution in [3.05, 3.63) is 41.7 Å². The molecule has 0 aliphatic heterocycles. The molecule has 0 aliphatic rings. The van der Waals surface area contributed by atoms with Crippen LogP contribution in [-0.4, -0.2) is 40.1 Å². The van der Waals surface area contributed by atoms with E-state index in [2.05, 4.69) is 29.4 Å². The van der Waals surface area contributed by atoms with E-state index in [0.717, 1.165) is 28.0 Å². The number of ether oxygens (including phenoxy) is 1. The molecule has 2 aromatic rings. The smallest absolute Gasteiger partial charge is 0.244 e. The number of carbonyl (C=O) groups is 1. The van der Waals surface area contributed by atoms with Crippen LogP contribution in [0.4, 0.5) is 0 Å². The molecule has 0 atom stereocenters. The Kier molecular flexibility index (Phi) is 7.72.